The van der Waals surface area contributed by atoms with Gasteiger partial charge in [0.25, 0.3) is 10.0 Å². The summed E-state index contributed by atoms with van der Waals surface area (Å²) in [5.41, 5.74) is 1.49. The van der Waals surface area contributed by atoms with Crippen molar-refractivity contribution in [3.8, 4) is 0 Å². The van der Waals surface area contributed by atoms with Gasteiger partial charge in [0.1, 0.15) is 0 Å². The van der Waals surface area contributed by atoms with Crippen molar-refractivity contribution in [3.63, 3.8) is 0 Å². The van der Waals surface area contributed by atoms with Gasteiger partial charge in [-0.3, -0.25) is 5.10 Å². The van der Waals surface area contributed by atoms with Gasteiger partial charge in [0.05, 0.1) is 6.61 Å². The van der Waals surface area contributed by atoms with Crippen LogP contribution < -0.4 is 10.0 Å². The topological polar surface area (TPSA) is 96.1 Å². The number of nitrogens with one attached hydrogen (secondary N) is 3. The molecule has 1 saturated carbocycles. The zero-order chi connectivity index (χ0) is 15.5. The van der Waals surface area contributed by atoms with Gasteiger partial charge in [-0.05, 0) is 33.6 Å². The Morgan fingerprint density at radius 1 is 1.48 bits per heavy atom. The van der Waals surface area contributed by atoms with E-state index in [9.17, 15) is 8.42 Å². The fraction of sp³-hybridized carbons (Fsp3) is 0.769. The molecule has 1 atom stereocenters. The number of hydrogen-bond acceptors (Lipinski definition) is 5. The Labute approximate surface area is 125 Å². The Balaban J connectivity index is 2.07. The molecule has 0 radical (unpaired) electrons. The average molecular weight is 316 g/mol. The third-order valence-electron chi connectivity index (χ3n) is 3.36. The van der Waals surface area contributed by atoms with Crippen LogP contribution in [0.2, 0.25) is 0 Å². The summed E-state index contributed by atoms with van der Waals surface area (Å²) in [6.45, 7) is 6.90. The quantitative estimate of drug-likeness (QED) is 0.622. The highest BCUT2D eigenvalue weighted by Gasteiger charge is 2.27. The van der Waals surface area contributed by atoms with Crippen molar-refractivity contribution in [3.05, 3.63) is 11.3 Å². The predicted molar refractivity (Wildman–Crippen MR) is 79.5 cm³/mol. The van der Waals surface area contributed by atoms with E-state index >= 15 is 0 Å². The van der Waals surface area contributed by atoms with Crippen molar-refractivity contribution in [1.29, 1.82) is 0 Å². The number of aryl methyl sites for hydroxylation is 1. The summed E-state index contributed by atoms with van der Waals surface area (Å²) in [6, 6.07) is 0.218. The highest BCUT2D eigenvalue weighted by Crippen LogP contribution is 2.22. The van der Waals surface area contributed by atoms with E-state index in [2.05, 4.69) is 20.2 Å². The first-order valence-corrected chi connectivity index (χ1v) is 8.79. The van der Waals surface area contributed by atoms with Crippen molar-refractivity contribution in [1.82, 2.24) is 20.2 Å². The van der Waals surface area contributed by atoms with Gasteiger partial charge in [-0.25, -0.2) is 13.1 Å². The van der Waals surface area contributed by atoms with E-state index < -0.39 is 10.0 Å². The lowest BCUT2D eigenvalue weighted by atomic mass is 10.2. The van der Waals surface area contributed by atoms with Crippen LogP contribution in [-0.2, 0) is 21.3 Å². The second-order valence-corrected chi connectivity index (χ2v) is 7.10. The van der Waals surface area contributed by atoms with Crippen LogP contribution in [0.25, 0.3) is 0 Å². The molecule has 1 aromatic rings. The van der Waals surface area contributed by atoms with Crippen LogP contribution in [0.4, 0.5) is 0 Å². The van der Waals surface area contributed by atoms with Gasteiger partial charge < -0.3 is 10.1 Å². The minimum Gasteiger partial charge on any atom is -0.380 e. The largest absolute Gasteiger partial charge is 0.380 e. The van der Waals surface area contributed by atoms with Gasteiger partial charge in [0.15, 0.2) is 5.03 Å². The molecular weight excluding hydrogens is 292 g/mol. The summed E-state index contributed by atoms with van der Waals surface area (Å²) < 4.78 is 32.7. The summed E-state index contributed by atoms with van der Waals surface area (Å²) in [7, 11) is -3.64. The molecule has 0 aliphatic heterocycles. The Kier molecular flexibility index (Phi) is 5.37. The molecule has 0 saturated heterocycles. The molecular formula is C13H24N4O3S. The van der Waals surface area contributed by atoms with Gasteiger partial charge in [-0.1, -0.05) is 0 Å². The maximum absolute atomic E-state index is 12.4. The van der Waals surface area contributed by atoms with Crippen LogP contribution in [0.15, 0.2) is 5.03 Å². The summed E-state index contributed by atoms with van der Waals surface area (Å²) >= 11 is 0. The van der Waals surface area contributed by atoms with Crippen LogP contribution in [0, 0.1) is 6.92 Å². The summed E-state index contributed by atoms with van der Waals surface area (Å²) in [6.07, 6.45) is 2.31. The lowest BCUT2D eigenvalue weighted by molar-refractivity contribution is 0.133. The van der Waals surface area contributed by atoms with Crippen LogP contribution >= 0.6 is 0 Å². The van der Waals surface area contributed by atoms with E-state index in [1.165, 1.54) is 0 Å². The van der Waals surface area contributed by atoms with Crippen molar-refractivity contribution in [2.75, 3.05) is 13.2 Å². The van der Waals surface area contributed by atoms with Crippen molar-refractivity contribution in [2.24, 2.45) is 0 Å². The van der Waals surface area contributed by atoms with Crippen LogP contribution in [0.5, 0.6) is 0 Å². The number of H-pyrrole nitrogens is 1. The Morgan fingerprint density at radius 3 is 2.81 bits per heavy atom. The lowest BCUT2D eigenvalue weighted by Gasteiger charge is -2.14. The molecule has 1 heterocycles. The summed E-state index contributed by atoms with van der Waals surface area (Å²) in [5.74, 6) is 0. The van der Waals surface area contributed by atoms with E-state index in [0.29, 0.717) is 31.4 Å². The lowest BCUT2D eigenvalue weighted by Crippen LogP contribution is -2.36. The molecule has 0 bridgehead atoms. The fourth-order valence-corrected chi connectivity index (χ4v) is 3.47. The molecule has 1 aliphatic rings. The second-order valence-electron chi connectivity index (χ2n) is 5.47. The molecule has 1 aromatic heterocycles. The minimum atomic E-state index is -3.64. The highest BCUT2D eigenvalue weighted by atomic mass is 32.2. The maximum atomic E-state index is 12.4. The molecule has 2 rings (SSSR count). The maximum Gasteiger partial charge on any atom is 0.260 e. The standard InChI is InChI=1S/C13H24N4O3S/c1-4-20-8-9(2)17-21(18,19)13-12(10(3)15-16-13)7-14-11-5-6-11/h9,11,14,17H,4-8H2,1-3H3,(H,15,16). The van der Waals surface area contributed by atoms with Crippen molar-refractivity contribution >= 4 is 10.0 Å². The number of nitrogens with zero attached hydrogens (tertiary/aromatic N) is 1. The molecule has 3 N–H and O–H groups in total. The van der Waals surface area contributed by atoms with Crippen LogP contribution in [-0.4, -0.2) is 43.9 Å². The van der Waals surface area contributed by atoms with Gasteiger partial charge in [-0.2, -0.15) is 5.10 Å². The first kappa shape index (κ1) is 16.4. The first-order chi connectivity index (χ1) is 9.94. The molecule has 0 amide bonds. The molecule has 1 fully saturated rings. The SMILES string of the molecule is CCOCC(C)NS(=O)(=O)c1n[nH]c(C)c1CNC1CC1. The van der Waals surface area contributed by atoms with E-state index in [0.717, 1.165) is 18.5 Å². The number of rotatable bonds is 9. The van der Waals surface area contributed by atoms with Gasteiger partial charge >= 0.3 is 0 Å². The highest BCUT2D eigenvalue weighted by molar-refractivity contribution is 7.89. The second kappa shape index (κ2) is 6.87. The first-order valence-electron chi connectivity index (χ1n) is 7.31. The van der Waals surface area contributed by atoms with E-state index in [1.807, 2.05) is 13.8 Å². The third-order valence-corrected chi connectivity index (χ3v) is 4.92. The Bertz CT molecular complexity index is 566. The number of sulfonamides is 1. The molecule has 21 heavy (non-hydrogen) atoms. The zero-order valence-electron chi connectivity index (χ0n) is 12.8. The number of hydrogen-bond donors (Lipinski definition) is 3. The smallest absolute Gasteiger partial charge is 0.260 e. The van der Waals surface area contributed by atoms with Crippen molar-refractivity contribution < 1.29 is 13.2 Å². The number of ether oxygens (including phenoxy) is 1. The van der Waals surface area contributed by atoms with E-state index in [4.69, 9.17) is 4.74 Å². The average Bonchev–Trinajstić information content (AvgIpc) is 3.16. The molecule has 120 valence electrons. The van der Waals surface area contributed by atoms with Crippen molar-refractivity contribution in [2.45, 2.75) is 57.3 Å². The Morgan fingerprint density at radius 2 is 2.19 bits per heavy atom. The molecule has 7 nitrogen and oxygen atoms in total. The van der Waals surface area contributed by atoms with Gasteiger partial charge in [0.2, 0.25) is 0 Å². The summed E-state index contributed by atoms with van der Waals surface area (Å²) in [5, 5.41) is 10.1. The van der Waals surface area contributed by atoms with Crippen LogP contribution in [0.1, 0.15) is 37.9 Å². The summed E-state index contributed by atoms with van der Waals surface area (Å²) in [4.78, 5) is 0. The number of aromatic nitrogens is 2. The van der Waals surface area contributed by atoms with Gasteiger partial charge in [-0.15, -0.1) is 0 Å². The number of aromatic amines is 1. The van der Waals surface area contributed by atoms with Crippen LogP contribution in [0.3, 0.4) is 0 Å². The Hall–Kier alpha value is -0.960. The molecule has 1 unspecified atom stereocenters. The molecule has 8 heteroatoms. The predicted octanol–water partition coefficient (Wildman–Crippen LogP) is 0.673. The third kappa shape index (κ3) is 4.50. The van der Waals surface area contributed by atoms with E-state index in [-0.39, 0.29) is 11.1 Å². The molecule has 0 spiro atoms. The van der Waals surface area contributed by atoms with E-state index in [1.54, 1.807) is 6.92 Å². The monoisotopic (exact) mass is 316 g/mol. The molecule has 0 aromatic carbocycles. The fourth-order valence-electron chi connectivity index (χ4n) is 2.04. The molecule has 1 aliphatic carbocycles. The normalized spacial score (nSPS) is 17.1. The minimum absolute atomic E-state index is 0.0801. The van der Waals surface area contributed by atoms with Gasteiger partial charge in [0, 0.05) is 36.5 Å². The zero-order valence-corrected chi connectivity index (χ0v) is 13.6.